The number of hydrogen-bond acceptors (Lipinski definition) is 3. The summed E-state index contributed by atoms with van der Waals surface area (Å²) in [7, 11) is 0. The molecule has 1 heterocycles. The van der Waals surface area contributed by atoms with E-state index in [-0.39, 0.29) is 5.76 Å². The summed E-state index contributed by atoms with van der Waals surface area (Å²) >= 11 is 3.18. The van der Waals surface area contributed by atoms with E-state index in [0.29, 0.717) is 4.47 Å². The fourth-order valence-electron chi connectivity index (χ4n) is 0.764. The molecule has 0 aliphatic rings. The number of hydrogen-bond donors (Lipinski definition) is 0. The van der Waals surface area contributed by atoms with Crippen LogP contribution in [0.5, 0.6) is 0 Å². The van der Waals surface area contributed by atoms with Gasteiger partial charge in [-0.25, -0.2) is 4.79 Å². The molecule has 0 aliphatic carbocycles. The Hall–Kier alpha value is -0.770. The normalized spacial score (nSPS) is 11.4. The number of furan rings is 1. The van der Waals surface area contributed by atoms with Gasteiger partial charge in [-0.1, -0.05) is 0 Å². The van der Waals surface area contributed by atoms with Gasteiger partial charge in [-0.15, -0.1) is 0 Å². The van der Waals surface area contributed by atoms with Gasteiger partial charge in [0.2, 0.25) is 5.76 Å². The van der Waals surface area contributed by atoms with E-state index in [1.54, 1.807) is 6.07 Å². The molecule has 0 unspecified atom stereocenters. The van der Waals surface area contributed by atoms with Crippen molar-refractivity contribution in [3.05, 3.63) is 22.6 Å². The minimum absolute atomic E-state index is 0.204. The van der Waals surface area contributed by atoms with Gasteiger partial charge < -0.3 is 9.15 Å². The lowest BCUT2D eigenvalue weighted by Gasteiger charge is -2.18. The molecule has 0 spiro atoms. The highest BCUT2D eigenvalue weighted by Crippen LogP contribution is 2.20. The van der Waals surface area contributed by atoms with E-state index >= 15 is 0 Å². The van der Waals surface area contributed by atoms with Crippen LogP contribution in [0.4, 0.5) is 0 Å². The third-order valence-corrected chi connectivity index (χ3v) is 1.83. The smallest absolute Gasteiger partial charge is 0.375 e. The molecule has 4 heteroatoms. The molecule has 1 rings (SSSR count). The van der Waals surface area contributed by atoms with Crippen LogP contribution in [0, 0.1) is 0 Å². The van der Waals surface area contributed by atoms with Crippen molar-refractivity contribution in [2.45, 2.75) is 26.4 Å². The van der Waals surface area contributed by atoms with Gasteiger partial charge in [0.25, 0.3) is 0 Å². The zero-order valence-electron chi connectivity index (χ0n) is 7.76. The molecule has 0 amide bonds. The van der Waals surface area contributed by atoms with Crippen molar-refractivity contribution in [3.8, 4) is 0 Å². The number of esters is 1. The largest absolute Gasteiger partial charge is 0.456 e. The van der Waals surface area contributed by atoms with Crippen LogP contribution in [0.1, 0.15) is 31.3 Å². The quantitative estimate of drug-likeness (QED) is 0.716. The second kappa shape index (κ2) is 3.54. The van der Waals surface area contributed by atoms with Crippen molar-refractivity contribution in [1.82, 2.24) is 0 Å². The molecular weight excluding hydrogens is 236 g/mol. The Balaban J connectivity index is 2.76. The Kier molecular flexibility index (Phi) is 2.81. The fourth-order valence-corrected chi connectivity index (χ4v) is 1.13. The Morgan fingerprint density at radius 3 is 2.54 bits per heavy atom. The minimum Gasteiger partial charge on any atom is -0.456 e. The summed E-state index contributed by atoms with van der Waals surface area (Å²) in [5.74, 6) is -0.251. The number of rotatable bonds is 1. The first-order chi connectivity index (χ1) is 5.90. The molecule has 0 fully saturated rings. The molecule has 0 radical (unpaired) electrons. The van der Waals surface area contributed by atoms with Crippen LogP contribution in [-0.2, 0) is 4.74 Å². The molecule has 0 saturated heterocycles. The summed E-state index contributed by atoms with van der Waals surface area (Å²) in [5, 5.41) is 0. The van der Waals surface area contributed by atoms with E-state index in [1.807, 2.05) is 20.8 Å². The number of ether oxygens (including phenoxy) is 1. The molecule has 3 nitrogen and oxygen atoms in total. The van der Waals surface area contributed by atoms with Crippen LogP contribution < -0.4 is 0 Å². The van der Waals surface area contributed by atoms with Crippen LogP contribution in [0.15, 0.2) is 21.2 Å². The van der Waals surface area contributed by atoms with E-state index < -0.39 is 11.6 Å². The Bertz CT molecular complexity index is 309. The lowest BCUT2D eigenvalue weighted by Crippen LogP contribution is -2.23. The van der Waals surface area contributed by atoms with E-state index in [4.69, 9.17) is 9.15 Å². The van der Waals surface area contributed by atoms with Crippen molar-refractivity contribution in [1.29, 1.82) is 0 Å². The van der Waals surface area contributed by atoms with E-state index in [1.165, 1.54) is 6.26 Å². The predicted octanol–water partition coefficient (Wildman–Crippen LogP) is 3.00. The predicted molar refractivity (Wildman–Crippen MR) is 51.6 cm³/mol. The maximum absolute atomic E-state index is 11.4. The first-order valence-corrected chi connectivity index (χ1v) is 4.66. The summed E-state index contributed by atoms with van der Waals surface area (Å²) in [5.41, 5.74) is -0.497. The summed E-state index contributed by atoms with van der Waals surface area (Å²) in [6.45, 7) is 5.42. The highest BCUT2D eigenvalue weighted by Gasteiger charge is 2.21. The van der Waals surface area contributed by atoms with Gasteiger partial charge in [0.15, 0.2) is 0 Å². The average molecular weight is 247 g/mol. The van der Waals surface area contributed by atoms with Crippen LogP contribution in [0.3, 0.4) is 0 Å². The van der Waals surface area contributed by atoms with Crippen molar-refractivity contribution in [2.75, 3.05) is 0 Å². The van der Waals surface area contributed by atoms with Gasteiger partial charge in [0.05, 0.1) is 10.7 Å². The summed E-state index contributed by atoms with van der Waals surface area (Å²) in [4.78, 5) is 11.4. The first kappa shape index (κ1) is 10.3. The second-order valence-electron chi connectivity index (χ2n) is 3.60. The number of carbonyl (C=O) groups excluding carboxylic acids is 1. The van der Waals surface area contributed by atoms with Crippen LogP contribution in [0.25, 0.3) is 0 Å². The van der Waals surface area contributed by atoms with Crippen LogP contribution >= 0.6 is 15.9 Å². The average Bonchev–Trinajstić information content (AvgIpc) is 2.30. The van der Waals surface area contributed by atoms with Crippen molar-refractivity contribution in [2.24, 2.45) is 0 Å². The third kappa shape index (κ3) is 2.88. The summed E-state index contributed by atoms with van der Waals surface area (Å²) < 4.78 is 10.7. The maximum Gasteiger partial charge on any atom is 0.375 e. The summed E-state index contributed by atoms with van der Waals surface area (Å²) in [6, 6.07) is 1.65. The van der Waals surface area contributed by atoms with Gasteiger partial charge in [-0.3, -0.25) is 0 Å². The highest BCUT2D eigenvalue weighted by atomic mass is 79.9. The summed E-state index contributed by atoms with van der Waals surface area (Å²) in [6.07, 6.45) is 1.43. The van der Waals surface area contributed by atoms with Gasteiger partial charge in [-0.05, 0) is 42.8 Å². The zero-order valence-corrected chi connectivity index (χ0v) is 9.34. The molecule has 1 aromatic heterocycles. The molecule has 72 valence electrons. The molecule has 1 aromatic rings. The van der Waals surface area contributed by atoms with E-state index in [2.05, 4.69) is 15.9 Å². The highest BCUT2D eigenvalue weighted by molar-refractivity contribution is 9.10. The molecule has 0 aliphatic heterocycles. The molecule has 0 aromatic carbocycles. The van der Waals surface area contributed by atoms with Crippen LogP contribution in [-0.4, -0.2) is 11.6 Å². The van der Waals surface area contributed by atoms with Crippen LogP contribution in [0.2, 0.25) is 0 Å². The molecule has 0 N–H and O–H groups in total. The van der Waals surface area contributed by atoms with Gasteiger partial charge in [-0.2, -0.15) is 0 Å². The molecular formula is C9H11BrO3. The van der Waals surface area contributed by atoms with Crippen molar-refractivity contribution < 1.29 is 13.9 Å². The monoisotopic (exact) mass is 246 g/mol. The topological polar surface area (TPSA) is 39.4 Å². The van der Waals surface area contributed by atoms with Gasteiger partial charge in [0, 0.05) is 0 Å². The Labute approximate surface area is 85.2 Å². The lowest BCUT2D eigenvalue weighted by atomic mass is 10.2. The molecule has 0 atom stereocenters. The third-order valence-electron chi connectivity index (χ3n) is 1.20. The fraction of sp³-hybridized carbons (Fsp3) is 0.444. The lowest BCUT2D eigenvalue weighted by molar-refractivity contribution is 0.00347. The van der Waals surface area contributed by atoms with E-state index in [0.717, 1.165) is 0 Å². The van der Waals surface area contributed by atoms with E-state index in [9.17, 15) is 4.79 Å². The zero-order chi connectivity index (χ0) is 10.1. The van der Waals surface area contributed by atoms with Gasteiger partial charge >= 0.3 is 5.97 Å². The van der Waals surface area contributed by atoms with Gasteiger partial charge in [0.1, 0.15) is 5.60 Å². The molecule has 13 heavy (non-hydrogen) atoms. The number of carbonyl (C=O) groups is 1. The Morgan fingerprint density at radius 1 is 1.54 bits per heavy atom. The van der Waals surface area contributed by atoms with Crippen molar-refractivity contribution in [3.63, 3.8) is 0 Å². The standard InChI is InChI=1S/C9H11BrO3/c1-9(2,3)13-8(11)7-6(10)4-5-12-7/h4-5H,1-3H3. The second-order valence-corrected chi connectivity index (χ2v) is 4.45. The Morgan fingerprint density at radius 2 is 2.15 bits per heavy atom. The van der Waals surface area contributed by atoms with Crippen molar-refractivity contribution >= 4 is 21.9 Å². The minimum atomic E-state index is -0.497. The molecule has 0 bridgehead atoms. The SMILES string of the molecule is CC(C)(C)OC(=O)c1occc1Br. The molecule has 0 saturated carbocycles. The maximum atomic E-state index is 11.4. The number of halogens is 1. The first-order valence-electron chi connectivity index (χ1n) is 3.86.